The van der Waals surface area contributed by atoms with Crippen LogP contribution in [0.5, 0.6) is 0 Å². The molecule has 0 radical (unpaired) electrons. The lowest BCUT2D eigenvalue weighted by atomic mass is 10.2. The molecule has 0 aromatic heterocycles. The van der Waals surface area contributed by atoms with E-state index in [1.807, 2.05) is 0 Å². The molecule has 10 heavy (non-hydrogen) atoms. The molecule has 0 aromatic rings. The van der Waals surface area contributed by atoms with Gasteiger partial charge in [0.05, 0.1) is 0 Å². The Bertz CT molecular complexity index is 139. The van der Waals surface area contributed by atoms with Crippen molar-refractivity contribution in [2.24, 2.45) is 0 Å². The largest absolute Gasteiger partial charge is 0.381 e. The molecular formula is C4H4Cl2O4. The standard InChI is InChI=1S/C4H4Cl2O4/c5-3(9)1(7)2(8)4(6)10/h1-2,7-8H. The maximum Gasteiger partial charge on any atom is 0.253 e. The SMILES string of the molecule is O=C(Cl)C(O)C(O)C(=O)Cl. The summed E-state index contributed by atoms with van der Waals surface area (Å²) in [5, 5.41) is 14.6. The van der Waals surface area contributed by atoms with Crippen molar-refractivity contribution in [1.29, 1.82) is 0 Å². The molecule has 0 heterocycles. The molecule has 0 saturated carbocycles. The average Bonchev–Trinajstić information content (AvgIpc) is 1.84. The van der Waals surface area contributed by atoms with Crippen molar-refractivity contribution in [2.75, 3.05) is 0 Å². The quantitative estimate of drug-likeness (QED) is 0.569. The predicted octanol–water partition coefficient (Wildman–Crippen LogP) is -0.761. The lowest BCUT2D eigenvalue weighted by Gasteiger charge is -2.07. The number of aliphatic hydroxyl groups excluding tert-OH is 2. The third-order valence-electron chi connectivity index (χ3n) is 0.764. The van der Waals surface area contributed by atoms with Crippen LogP contribution in [0.2, 0.25) is 0 Å². The zero-order chi connectivity index (χ0) is 8.31. The number of carbonyl (C=O) groups excluding carboxylic acids is 2. The van der Waals surface area contributed by atoms with Gasteiger partial charge in [-0.25, -0.2) is 0 Å². The van der Waals surface area contributed by atoms with Crippen LogP contribution in [0.25, 0.3) is 0 Å². The Labute approximate surface area is 66.4 Å². The summed E-state index contributed by atoms with van der Waals surface area (Å²) in [6.07, 6.45) is -3.88. The minimum absolute atomic E-state index is 1.22. The van der Waals surface area contributed by atoms with Gasteiger partial charge in [0.25, 0.3) is 10.5 Å². The van der Waals surface area contributed by atoms with Gasteiger partial charge in [0.2, 0.25) is 0 Å². The molecule has 0 fully saturated rings. The predicted molar refractivity (Wildman–Crippen MR) is 33.7 cm³/mol. The molecule has 0 aliphatic carbocycles. The molecular weight excluding hydrogens is 183 g/mol. The first-order chi connectivity index (χ1) is 4.46. The van der Waals surface area contributed by atoms with E-state index in [1.165, 1.54) is 0 Å². The fourth-order valence-corrected chi connectivity index (χ4v) is 0.487. The molecule has 58 valence electrons. The van der Waals surface area contributed by atoms with Gasteiger partial charge in [-0.3, -0.25) is 9.59 Å². The average molecular weight is 187 g/mol. The van der Waals surface area contributed by atoms with Crippen LogP contribution >= 0.6 is 23.2 Å². The van der Waals surface area contributed by atoms with E-state index in [1.54, 1.807) is 0 Å². The molecule has 0 aliphatic heterocycles. The third kappa shape index (κ3) is 2.62. The Morgan fingerprint density at radius 2 is 1.20 bits per heavy atom. The maximum absolute atomic E-state index is 10.0. The fourth-order valence-electron chi connectivity index (χ4n) is 0.248. The van der Waals surface area contributed by atoms with E-state index in [9.17, 15) is 9.59 Å². The minimum atomic E-state index is -1.94. The van der Waals surface area contributed by atoms with E-state index in [-0.39, 0.29) is 0 Å². The van der Waals surface area contributed by atoms with Crippen LogP contribution in [-0.2, 0) is 9.59 Å². The fraction of sp³-hybridized carbons (Fsp3) is 0.500. The van der Waals surface area contributed by atoms with E-state index in [2.05, 4.69) is 0 Å². The summed E-state index contributed by atoms with van der Waals surface area (Å²) in [7, 11) is 0. The van der Waals surface area contributed by atoms with Crippen molar-refractivity contribution in [3.8, 4) is 0 Å². The molecule has 0 amide bonds. The molecule has 0 spiro atoms. The van der Waals surface area contributed by atoms with Gasteiger partial charge >= 0.3 is 0 Å². The van der Waals surface area contributed by atoms with E-state index in [4.69, 9.17) is 33.4 Å². The summed E-state index contributed by atoms with van der Waals surface area (Å²) in [6.45, 7) is 0. The summed E-state index contributed by atoms with van der Waals surface area (Å²) in [5.74, 6) is 0. The second kappa shape index (κ2) is 3.88. The molecule has 0 bridgehead atoms. The van der Waals surface area contributed by atoms with Gasteiger partial charge in [-0.05, 0) is 23.2 Å². The van der Waals surface area contributed by atoms with Crippen molar-refractivity contribution in [3.63, 3.8) is 0 Å². The Morgan fingerprint density at radius 1 is 1.00 bits per heavy atom. The summed E-state index contributed by atoms with van der Waals surface area (Å²) in [6, 6.07) is 0. The Morgan fingerprint density at radius 3 is 1.30 bits per heavy atom. The molecule has 0 aliphatic rings. The molecule has 0 saturated heterocycles. The lowest BCUT2D eigenvalue weighted by molar-refractivity contribution is -0.134. The van der Waals surface area contributed by atoms with Gasteiger partial charge in [0.1, 0.15) is 0 Å². The second-order valence-corrected chi connectivity index (χ2v) is 2.24. The topological polar surface area (TPSA) is 74.6 Å². The highest BCUT2D eigenvalue weighted by atomic mass is 35.5. The highest BCUT2D eigenvalue weighted by Gasteiger charge is 2.27. The Kier molecular flexibility index (Phi) is 3.81. The number of carbonyl (C=O) groups is 2. The zero-order valence-corrected chi connectivity index (χ0v) is 6.13. The highest BCUT2D eigenvalue weighted by Crippen LogP contribution is 2.01. The molecule has 2 atom stereocenters. The van der Waals surface area contributed by atoms with Gasteiger partial charge in [-0.1, -0.05) is 0 Å². The monoisotopic (exact) mass is 186 g/mol. The normalized spacial score (nSPS) is 16.0. The van der Waals surface area contributed by atoms with Crippen LogP contribution < -0.4 is 0 Å². The van der Waals surface area contributed by atoms with Crippen LogP contribution in [0, 0.1) is 0 Å². The first-order valence-corrected chi connectivity index (χ1v) is 2.97. The molecule has 6 heteroatoms. The van der Waals surface area contributed by atoms with E-state index >= 15 is 0 Å². The summed E-state index contributed by atoms with van der Waals surface area (Å²) in [5.41, 5.74) is 0. The zero-order valence-electron chi connectivity index (χ0n) is 4.62. The summed E-state index contributed by atoms with van der Waals surface area (Å²) < 4.78 is 0. The number of rotatable bonds is 3. The molecule has 2 N–H and O–H groups in total. The van der Waals surface area contributed by atoms with E-state index < -0.39 is 22.7 Å². The van der Waals surface area contributed by atoms with Crippen molar-refractivity contribution < 1.29 is 19.8 Å². The van der Waals surface area contributed by atoms with E-state index in [0.29, 0.717) is 0 Å². The molecule has 0 rings (SSSR count). The van der Waals surface area contributed by atoms with Crippen molar-refractivity contribution in [2.45, 2.75) is 12.2 Å². The van der Waals surface area contributed by atoms with Crippen LogP contribution in [0.4, 0.5) is 0 Å². The number of hydrogen-bond acceptors (Lipinski definition) is 4. The first-order valence-electron chi connectivity index (χ1n) is 2.21. The number of halogens is 2. The van der Waals surface area contributed by atoms with Gasteiger partial charge in [-0.2, -0.15) is 0 Å². The van der Waals surface area contributed by atoms with Gasteiger partial charge < -0.3 is 10.2 Å². The second-order valence-electron chi connectivity index (χ2n) is 1.50. The minimum Gasteiger partial charge on any atom is -0.381 e. The smallest absolute Gasteiger partial charge is 0.253 e. The highest BCUT2D eigenvalue weighted by molar-refractivity contribution is 6.67. The lowest BCUT2D eigenvalue weighted by Crippen LogP contribution is -2.35. The van der Waals surface area contributed by atoms with Crippen LogP contribution in [0.15, 0.2) is 0 Å². The van der Waals surface area contributed by atoms with Gasteiger partial charge in [0, 0.05) is 0 Å². The summed E-state index contributed by atoms with van der Waals surface area (Å²) in [4.78, 5) is 20.1. The Hall–Kier alpha value is -0.160. The molecule has 4 nitrogen and oxygen atoms in total. The van der Waals surface area contributed by atoms with Crippen molar-refractivity contribution in [3.05, 3.63) is 0 Å². The first kappa shape index (κ1) is 9.84. The van der Waals surface area contributed by atoms with Crippen molar-refractivity contribution in [1.82, 2.24) is 0 Å². The number of hydrogen-bond donors (Lipinski definition) is 2. The third-order valence-corrected chi connectivity index (χ3v) is 1.21. The van der Waals surface area contributed by atoms with Crippen LogP contribution in [0.3, 0.4) is 0 Å². The maximum atomic E-state index is 10.0. The van der Waals surface area contributed by atoms with E-state index in [0.717, 1.165) is 0 Å². The molecule has 0 aromatic carbocycles. The van der Waals surface area contributed by atoms with Gasteiger partial charge in [0.15, 0.2) is 12.2 Å². The van der Waals surface area contributed by atoms with Crippen LogP contribution in [0.1, 0.15) is 0 Å². The van der Waals surface area contributed by atoms with Crippen molar-refractivity contribution >= 4 is 33.7 Å². The summed E-state index contributed by atoms with van der Waals surface area (Å²) >= 11 is 9.41. The van der Waals surface area contributed by atoms with Gasteiger partial charge in [-0.15, -0.1) is 0 Å². The Balaban J connectivity index is 4.07. The molecule has 2 unspecified atom stereocenters. The number of aliphatic hydroxyl groups is 2. The van der Waals surface area contributed by atoms with Crippen LogP contribution in [-0.4, -0.2) is 32.9 Å².